The number of hydrogen-bond acceptors (Lipinski definition) is 14. The maximum Gasteiger partial charge on any atom is 0.312 e. The molecule has 0 fully saturated rings. The maximum absolute atomic E-state index is 14.7. The third-order valence-corrected chi connectivity index (χ3v) is 12.5. The topological polar surface area (TPSA) is 213 Å². The predicted molar refractivity (Wildman–Crippen MR) is 241 cm³/mol. The second-order valence-electron chi connectivity index (χ2n) is 17.7. The van der Waals surface area contributed by atoms with Gasteiger partial charge in [-0.1, -0.05) is 59.8 Å². The van der Waals surface area contributed by atoms with Gasteiger partial charge in [0.05, 0.1) is 42.1 Å². The average Bonchev–Trinajstić information content (AvgIpc) is 3.52. The van der Waals surface area contributed by atoms with Crippen molar-refractivity contribution in [2.75, 3.05) is 19.0 Å². The zero-order valence-corrected chi connectivity index (χ0v) is 38.3. The molecule has 15 heteroatoms. The first kappa shape index (κ1) is 47.7. The van der Waals surface area contributed by atoms with Crippen LogP contribution in [-0.4, -0.2) is 81.9 Å². The highest BCUT2D eigenvalue weighted by atomic mass is 16.7. The second kappa shape index (κ2) is 19.1. The first-order valence-electron chi connectivity index (χ1n) is 21.7. The third kappa shape index (κ3) is 9.24. The number of carbonyl (C=O) groups is 3. The summed E-state index contributed by atoms with van der Waals surface area (Å²) in [6.07, 6.45) is 5.44. The van der Waals surface area contributed by atoms with Crippen LogP contribution in [0.4, 0.5) is 5.69 Å². The number of anilines is 1. The average molecular weight is 885 g/mol. The van der Waals surface area contributed by atoms with E-state index < -0.39 is 82.7 Å². The molecule has 0 aliphatic carbocycles. The molecule has 64 heavy (non-hydrogen) atoms. The Bertz CT molecular complexity index is 2610. The van der Waals surface area contributed by atoms with Crippen LogP contribution in [0.25, 0.3) is 33.0 Å². The summed E-state index contributed by atoms with van der Waals surface area (Å²) >= 11 is 0. The lowest BCUT2D eigenvalue weighted by molar-refractivity contribution is -0.160. The Kier molecular flexibility index (Phi) is 14.3. The van der Waals surface area contributed by atoms with Crippen molar-refractivity contribution in [3.63, 3.8) is 0 Å². The van der Waals surface area contributed by atoms with Crippen molar-refractivity contribution in [1.29, 1.82) is 0 Å². The molecule has 3 heterocycles. The minimum absolute atomic E-state index is 0.00602. The Morgan fingerprint density at radius 1 is 1.00 bits per heavy atom. The van der Waals surface area contributed by atoms with Crippen molar-refractivity contribution in [2.24, 2.45) is 29.6 Å². The van der Waals surface area contributed by atoms with Crippen LogP contribution in [0.1, 0.15) is 91.1 Å². The lowest BCUT2D eigenvalue weighted by atomic mass is 9.78. The molecule has 0 saturated heterocycles. The van der Waals surface area contributed by atoms with Gasteiger partial charge in [0.1, 0.15) is 34.3 Å². The van der Waals surface area contributed by atoms with Gasteiger partial charge in [0.25, 0.3) is 11.7 Å². The number of benzene rings is 3. The van der Waals surface area contributed by atoms with Gasteiger partial charge in [-0.15, -0.1) is 0 Å². The molecule has 0 radical (unpaired) electrons. The number of allylic oxidation sites excluding steroid dienone is 2. The van der Waals surface area contributed by atoms with Crippen molar-refractivity contribution in [1.82, 2.24) is 4.98 Å². The lowest BCUT2D eigenvalue weighted by Gasteiger charge is -2.38. The second-order valence-corrected chi connectivity index (χ2v) is 17.7. The molecule has 15 nitrogen and oxygen atoms in total. The van der Waals surface area contributed by atoms with Crippen LogP contribution in [0.3, 0.4) is 0 Å². The van der Waals surface area contributed by atoms with Gasteiger partial charge in [0.15, 0.2) is 22.3 Å². The number of aliphatic hydroxyl groups excluding tert-OH is 2. The highest BCUT2D eigenvalue weighted by Gasteiger charge is 2.49. The smallest absolute Gasteiger partial charge is 0.312 e. The van der Waals surface area contributed by atoms with Gasteiger partial charge in [-0.25, -0.2) is 4.98 Å². The van der Waals surface area contributed by atoms with E-state index in [-0.39, 0.29) is 55.6 Å². The van der Waals surface area contributed by atoms with Crippen molar-refractivity contribution in [3.05, 3.63) is 75.7 Å². The van der Waals surface area contributed by atoms with Crippen LogP contribution < -0.4 is 20.2 Å². The summed E-state index contributed by atoms with van der Waals surface area (Å²) in [6, 6.07) is 5.04. The van der Waals surface area contributed by atoms with Gasteiger partial charge in [0.2, 0.25) is 0 Å². The molecule has 6 rings (SSSR count). The fourth-order valence-electron chi connectivity index (χ4n) is 8.56. The fourth-order valence-corrected chi connectivity index (χ4v) is 8.56. The molecular formula is C49H60N2O13. The van der Waals surface area contributed by atoms with E-state index in [0.717, 1.165) is 12.8 Å². The molecule has 9 atom stereocenters. The third-order valence-electron chi connectivity index (χ3n) is 12.5. The number of ether oxygens (including phenoxy) is 5. The van der Waals surface area contributed by atoms with Crippen LogP contribution in [-0.2, 0) is 23.8 Å². The summed E-state index contributed by atoms with van der Waals surface area (Å²) in [4.78, 5) is 60.3. The van der Waals surface area contributed by atoms with Gasteiger partial charge in [-0.05, 0) is 50.8 Å². The SMILES string of the molecule is CO[C@H]1/C=C/O[C@@]2(C)Oc3c(C)c(=O)c4c(O)c(c5oc6cc(OCCCC(C)C)ccc6nc5c4c3C2=O)NC(=O)/C(C)=C\C=C\[C@H](C)[C@H](O)[C@@H](C)[C@@H](O)[C@@H](C)[C@H](OC(C)=O)[C@@H]1C. The normalized spacial score (nSPS) is 28.8. The number of aromatic nitrogens is 1. The summed E-state index contributed by atoms with van der Waals surface area (Å²) in [7, 11) is 1.45. The van der Waals surface area contributed by atoms with Gasteiger partial charge in [-0.3, -0.25) is 19.2 Å². The Morgan fingerprint density at radius 3 is 2.39 bits per heavy atom. The number of phenols is 1. The molecule has 3 aromatic carbocycles. The summed E-state index contributed by atoms with van der Waals surface area (Å²) in [5, 5.41) is 37.4. The molecule has 4 N–H and O–H groups in total. The summed E-state index contributed by atoms with van der Waals surface area (Å²) < 4.78 is 36.3. The predicted octanol–water partition coefficient (Wildman–Crippen LogP) is 7.81. The summed E-state index contributed by atoms with van der Waals surface area (Å²) in [6.45, 7) is 17.3. The maximum atomic E-state index is 14.7. The Hall–Kier alpha value is -5.77. The van der Waals surface area contributed by atoms with Crippen LogP contribution in [0.2, 0.25) is 0 Å². The van der Waals surface area contributed by atoms with Gasteiger partial charge in [0, 0.05) is 67.2 Å². The van der Waals surface area contributed by atoms with E-state index in [4.69, 9.17) is 33.1 Å². The van der Waals surface area contributed by atoms with Crippen LogP contribution in [0.5, 0.6) is 17.2 Å². The quantitative estimate of drug-likeness (QED) is 0.0458. The first-order chi connectivity index (χ1) is 30.2. The number of carbonyl (C=O) groups excluding carboxylic acids is 3. The standard InChI is InChI=1S/C49H60N2O13/c1-23(2)14-13-20-60-31-17-18-32-34(22-31)63-46-38(50-32)35-36-42(55)29(8)45-37(35)47(57)49(10,64-45)61-21-19-33(59-11)26(5)44(62-30(9)52)28(7)41(54)27(6)40(53)24(3)15-12-16-25(4)48(58)51-39(46)43(36)56/h12,15-19,21-24,26-28,33,40-41,44,53-54,56H,13-14,20H2,1-11H3,(H,51,58)/b15-12+,21-19+,25-16-/t24-,26+,27+,28+,33-,40-,41+,44+,49-/m0/s1. The highest BCUT2D eigenvalue weighted by molar-refractivity contribution is 6.26. The molecule has 1 amide bonds. The number of aliphatic hydroxyl groups is 2. The largest absolute Gasteiger partial charge is 0.505 e. The van der Waals surface area contributed by atoms with E-state index in [9.17, 15) is 34.5 Å². The number of fused-ring (bicyclic) bond motifs is 2. The van der Waals surface area contributed by atoms with E-state index in [2.05, 4.69) is 19.2 Å². The lowest BCUT2D eigenvalue weighted by Crippen LogP contribution is -2.46. The number of Topliss-reactive ketones (excluding diaryl/α,β-unsaturated/α-hetero) is 1. The molecule has 2 aliphatic heterocycles. The number of aromatic hydroxyl groups is 1. The molecular weight excluding hydrogens is 825 g/mol. The first-order valence-corrected chi connectivity index (χ1v) is 21.7. The van der Waals surface area contributed by atoms with Crippen molar-refractivity contribution < 1.29 is 57.8 Å². The monoisotopic (exact) mass is 884 g/mol. The van der Waals surface area contributed by atoms with Crippen molar-refractivity contribution in [2.45, 2.75) is 112 Å². The van der Waals surface area contributed by atoms with E-state index in [0.29, 0.717) is 23.8 Å². The molecule has 344 valence electrons. The van der Waals surface area contributed by atoms with Gasteiger partial charge >= 0.3 is 11.8 Å². The molecule has 4 bridgehead atoms. The van der Waals surface area contributed by atoms with E-state index in [1.165, 1.54) is 53.2 Å². The highest BCUT2D eigenvalue weighted by Crippen LogP contribution is 2.48. The van der Waals surface area contributed by atoms with Crippen LogP contribution in [0.15, 0.2) is 63.6 Å². The molecule has 0 unspecified atom stereocenters. The number of methoxy groups -OCH3 is 1. The molecule has 0 spiro atoms. The number of hydrogen-bond donors (Lipinski definition) is 4. The van der Waals surface area contributed by atoms with Crippen molar-refractivity contribution in [3.8, 4) is 17.2 Å². The minimum Gasteiger partial charge on any atom is -0.505 e. The number of rotatable bonds is 7. The Morgan fingerprint density at radius 2 is 1.72 bits per heavy atom. The number of ketones is 1. The number of nitrogens with zero attached hydrogens (tertiary/aromatic N) is 1. The molecule has 1 aromatic heterocycles. The minimum atomic E-state index is -2.04. The van der Waals surface area contributed by atoms with Crippen molar-refractivity contribution >= 4 is 56.3 Å². The molecule has 0 saturated carbocycles. The number of esters is 1. The van der Waals surface area contributed by atoms with Crippen LogP contribution in [0, 0.1) is 36.5 Å². The van der Waals surface area contributed by atoms with E-state index >= 15 is 0 Å². The number of phenolic OH excluding ortho intramolecular Hbond substituents is 1. The zero-order chi connectivity index (χ0) is 46.9. The molecule has 2 aliphatic rings. The number of amides is 1. The molecule has 4 aromatic rings. The summed E-state index contributed by atoms with van der Waals surface area (Å²) in [5.74, 6) is -6.22. The number of nitrogens with one attached hydrogen (secondary N) is 1. The van der Waals surface area contributed by atoms with E-state index in [1.54, 1.807) is 58.0 Å². The zero-order valence-electron chi connectivity index (χ0n) is 38.3. The van der Waals surface area contributed by atoms with Crippen LogP contribution >= 0.6 is 0 Å². The fraction of sp³-hybridized carbons (Fsp3) is 0.490. The van der Waals surface area contributed by atoms with E-state index in [1.807, 2.05) is 0 Å². The van der Waals surface area contributed by atoms with Gasteiger partial charge in [-0.2, -0.15) is 0 Å². The Balaban J connectivity index is 1.56. The summed E-state index contributed by atoms with van der Waals surface area (Å²) in [5.41, 5.74) is -0.452. The Labute approximate surface area is 372 Å². The van der Waals surface area contributed by atoms with Gasteiger partial charge < -0.3 is 48.7 Å².